The van der Waals surface area contributed by atoms with Gasteiger partial charge in [-0.15, -0.1) is 0 Å². The summed E-state index contributed by atoms with van der Waals surface area (Å²) in [4.78, 5) is 26.6. The van der Waals surface area contributed by atoms with Crippen molar-refractivity contribution in [3.8, 4) is 22.8 Å². The second-order valence-electron chi connectivity index (χ2n) is 10.1. The van der Waals surface area contributed by atoms with E-state index in [-0.39, 0.29) is 17.0 Å². The topological polar surface area (TPSA) is 90.2 Å². The monoisotopic (exact) mass is 470 g/mol. The van der Waals surface area contributed by atoms with E-state index in [2.05, 4.69) is 25.7 Å². The van der Waals surface area contributed by atoms with E-state index in [4.69, 9.17) is 14.2 Å². The molecule has 8 nitrogen and oxygen atoms in total. The predicted octanol–water partition coefficient (Wildman–Crippen LogP) is 3.47. The fourth-order valence-electron chi connectivity index (χ4n) is 4.79. The van der Waals surface area contributed by atoms with Crippen molar-refractivity contribution in [2.75, 3.05) is 46.6 Å². The van der Waals surface area contributed by atoms with Crippen molar-refractivity contribution < 1.29 is 24.1 Å². The zero-order valence-corrected chi connectivity index (χ0v) is 20.4. The van der Waals surface area contributed by atoms with Gasteiger partial charge in [0, 0.05) is 43.5 Å². The van der Waals surface area contributed by atoms with Crippen LogP contribution in [0, 0.1) is 5.41 Å². The molecule has 0 saturated carbocycles. The molecule has 1 aromatic heterocycles. The Morgan fingerprint density at radius 2 is 1.91 bits per heavy atom. The number of aromatic carboxylic acids is 1. The van der Waals surface area contributed by atoms with E-state index >= 15 is 0 Å². The average molecular weight is 471 g/mol. The Bertz CT molecular complexity index is 1110. The summed E-state index contributed by atoms with van der Waals surface area (Å²) in [6, 6.07) is 5.33. The average Bonchev–Trinajstić information content (AvgIpc) is 2.80. The molecular weight excluding hydrogens is 436 g/mol. The lowest BCUT2D eigenvalue weighted by Crippen LogP contribution is -2.37. The van der Waals surface area contributed by atoms with Crippen LogP contribution in [0.4, 0.5) is 0 Å². The lowest BCUT2D eigenvalue weighted by molar-refractivity contribution is 0.0357. The van der Waals surface area contributed by atoms with Crippen molar-refractivity contribution in [2.45, 2.75) is 39.7 Å². The summed E-state index contributed by atoms with van der Waals surface area (Å²) in [6.45, 7) is 11.4. The number of hydrogen-bond donors (Lipinski definition) is 1. The van der Waals surface area contributed by atoms with Crippen LogP contribution >= 0.6 is 0 Å². The molecule has 34 heavy (non-hydrogen) atoms. The van der Waals surface area contributed by atoms with Gasteiger partial charge in [0.25, 0.3) is 0 Å². The summed E-state index contributed by atoms with van der Waals surface area (Å²) in [7, 11) is 1.60. The number of aromatic nitrogens is 1. The van der Waals surface area contributed by atoms with Gasteiger partial charge in [0.1, 0.15) is 5.56 Å². The number of morpholine rings is 1. The second-order valence-corrected chi connectivity index (χ2v) is 10.1. The molecule has 2 aromatic rings. The van der Waals surface area contributed by atoms with Crippen molar-refractivity contribution in [3.05, 3.63) is 45.7 Å². The van der Waals surface area contributed by atoms with E-state index in [0.717, 1.165) is 50.4 Å². The third kappa shape index (κ3) is 4.98. The maximum Gasteiger partial charge on any atom is 0.341 e. The summed E-state index contributed by atoms with van der Waals surface area (Å²) in [5, 5.41) is 9.50. The molecule has 1 N–H and O–H groups in total. The highest BCUT2D eigenvalue weighted by Gasteiger charge is 2.34. The highest BCUT2D eigenvalue weighted by Crippen LogP contribution is 2.45. The van der Waals surface area contributed by atoms with Gasteiger partial charge in [0.05, 0.1) is 32.6 Å². The van der Waals surface area contributed by atoms with Crippen LogP contribution in [0.3, 0.4) is 0 Å². The SMILES string of the molecule is COc1cc2c(cc1OCCCN1CCOCC1)C[C@H](C(C)(C)C)n1cc(C(=O)O)c(=O)cc1-2. The maximum absolute atomic E-state index is 12.6. The third-order valence-corrected chi connectivity index (χ3v) is 6.70. The molecule has 0 radical (unpaired) electrons. The Morgan fingerprint density at radius 3 is 2.56 bits per heavy atom. The minimum atomic E-state index is -1.21. The van der Waals surface area contributed by atoms with E-state index < -0.39 is 11.4 Å². The minimum Gasteiger partial charge on any atom is -0.493 e. The molecule has 3 heterocycles. The van der Waals surface area contributed by atoms with Crippen molar-refractivity contribution in [1.82, 2.24) is 9.47 Å². The first-order valence-corrected chi connectivity index (χ1v) is 11.8. The van der Waals surface area contributed by atoms with Gasteiger partial charge < -0.3 is 23.9 Å². The zero-order valence-electron chi connectivity index (χ0n) is 20.4. The van der Waals surface area contributed by atoms with Crippen LogP contribution in [0.2, 0.25) is 0 Å². The van der Waals surface area contributed by atoms with Gasteiger partial charge in [0.2, 0.25) is 0 Å². The van der Waals surface area contributed by atoms with Crippen LogP contribution in [0.15, 0.2) is 29.2 Å². The number of carboxylic acid groups (broad SMARTS) is 1. The summed E-state index contributed by atoms with van der Waals surface area (Å²) >= 11 is 0. The van der Waals surface area contributed by atoms with Gasteiger partial charge in [0.15, 0.2) is 16.9 Å². The Kier molecular flexibility index (Phi) is 7.00. The third-order valence-electron chi connectivity index (χ3n) is 6.70. The smallest absolute Gasteiger partial charge is 0.341 e. The molecule has 4 rings (SSSR count). The largest absolute Gasteiger partial charge is 0.493 e. The molecule has 0 unspecified atom stereocenters. The zero-order chi connectivity index (χ0) is 24.5. The highest BCUT2D eigenvalue weighted by atomic mass is 16.5. The van der Waals surface area contributed by atoms with Gasteiger partial charge in [-0.05, 0) is 36.0 Å². The van der Waals surface area contributed by atoms with Crippen molar-refractivity contribution in [2.24, 2.45) is 5.41 Å². The van der Waals surface area contributed by atoms with E-state index in [1.165, 1.54) is 12.3 Å². The molecule has 2 aliphatic rings. The Labute approximate surface area is 200 Å². The lowest BCUT2D eigenvalue weighted by atomic mass is 9.78. The number of fused-ring (bicyclic) bond motifs is 3. The molecule has 1 saturated heterocycles. The van der Waals surface area contributed by atoms with E-state index in [0.29, 0.717) is 30.2 Å². The molecule has 0 spiro atoms. The van der Waals surface area contributed by atoms with Crippen LogP contribution in [0.25, 0.3) is 11.3 Å². The quantitative estimate of drug-likeness (QED) is 0.620. The van der Waals surface area contributed by atoms with Gasteiger partial charge in [-0.25, -0.2) is 4.79 Å². The molecule has 1 atom stereocenters. The van der Waals surface area contributed by atoms with E-state index in [9.17, 15) is 14.7 Å². The number of carbonyl (C=O) groups is 1. The number of benzene rings is 1. The van der Waals surface area contributed by atoms with Gasteiger partial charge in [-0.3, -0.25) is 9.69 Å². The van der Waals surface area contributed by atoms with Crippen LogP contribution < -0.4 is 14.9 Å². The molecule has 1 fully saturated rings. The molecule has 0 amide bonds. The van der Waals surface area contributed by atoms with Crippen LogP contribution in [0.5, 0.6) is 11.5 Å². The first-order valence-electron chi connectivity index (χ1n) is 11.8. The maximum atomic E-state index is 12.6. The molecule has 8 heteroatoms. The Balaban J connectivity index is 1.64. The molecule has 0 bridgehead atoms. The fourth-order valence-corrected chi connectivity index (χ4v) is 4.79. The predicted molar refractivity (Wildman–Crippen MR) is 129 cm³/mol. The number of rotatable bonds is 7. The van der Waals surface area contributed by atoms with Gasteiger partial charge in [-0.1, -0.05) is 20.8 Å². The molecular formula is C26H34N2O6. The summed E-state index contributed by atoms with van der Waals surface area (Å²) in [5.74, 6) is 0.0756. The van der Waals surface area contributed by atoms with Crippen LogP contribution in [0.1, 0.15) is 49.2 Å². The second kappa shape index (κ2) is 9.80. The molecule has 2 aliphatic heterocycles. The summed E-state index contributed by atoms with van der Waals surface area (Å²) in [6.07, 6.45) is 3.09. The van der Waals surface area contributed by atoms with Crippen molar-refractivity contribution in [1.29, 1.82) is 0 Å². The Morgan fingerprint density at radius 1 is 1.18 bits per heavy atom. The number of nitrogens with zero attached hydrogens (tertiary/aromatic N) is 2. The Hall–Kier alpha value is -2.84. The molecule has 0 aliphatic carbocycles. The van der Waals surface area contributed by atoms with Crippen molar-refractivity contribution >= 4 is 5.97 Å². The molecule has 184 valence electrons. The first kappa shape index (κ1) is 24.3. The van der Waals surface area contributed by atoms with Gasteiger partial charge in [-0.2, -0.15) is 0 Å². The first-order chi connectivity index (χ1) is 16.2. The van der Waals surface area contributed by atoms with Crippen LogP contribution in [-0.2, 0) is 11.2 Å². The highest BCUT2D eigenvalue weighted by molar-refractivity contribution is 5.88. The van der Waals surface area contributed by atoms with E-state index in [1.54, 1.807) is 7.11 Å². The molecule has 1 aromatic carbocycles. The number of carboxylic acids is 1. The number of hydrogen-bond acceptors (Lipinski definition) is 6. The summed E-state index contributed by atoms with van der Waals surface area (Å²) in [5.41, 5.74) is 1.76. The number of pyridine rings is 1. The normalized spacial score (nSPS) is 18.2. The fraction of sp³-hybridized carbons (Fsp3) is 0.538. The van der Waals surface area contributed by atoms with Crippen molar-refractivity contribution in [3.63, 3.8) is 0 Å². The number of methoxy groups -OCH3 is 1. The lowest BCUT2D eigenvalue weighted by Gasteiger charge is -2.39. The van der Waals surface area contributed by atoms with E-state index in [1.807, 2.05) is 16.7 Å². The number of ether oxygens (including phenoxy) is 3. The minimum absolute atomic E-state index is 0.0173. The standard InChI is InChI=1S/C26H34N2O6/c1-26(2,3)24-13-17-12-23(34-9-5-6-27-7-10-33-11-8-27)22(32-4)14-18(17)20-15-21(29)19(25(30)31)16-28(20)24/h12,14-16,24H,5-11,13H2,1-4H3,(H,30,31)/t24-/m1/s1. The summed E-state index contributed by atoms with van der Waals surface area (Å²) < 4.78 is 19.1. The van der Waals surface area contributed by atoms with Gasteiger partial charge >= 0.3 is 5.97 Å². The van der Waals surface area contributed by atoms with Crippen LogP contribution in [-0.4, -0.2) is 67.1 Å².